The molecule has 0 aliphatic heterocycles. The summed E-state index contributed by atoms with van der Waals surface area (Å²) in [6, 6.07) is 30.2. The Labute approximate surface area is 246 Å². The van der Waals surface area contributed by atoms with Gasteiger partial charge in [-0.3, -0.25) is 0 Å². The highest BCUT2D eigenvalue weighted by atomic mass is 15.0. The van der Waals surface area contributed by atoms with Gasteiger partial charge in [-0.05, 0) is 61.1 Å². The van der Waals surface area contributed by atoms with Crippen molar-refractivity contribution in [3.8, 4) is 22.8 Å². The molecule has 0 N–H and O–H groups in total. The topological polar surface area (TPSA) is 35.6 Å². The standard InChI is InChI=1S/C38H34N4/c1-5-7-13-29-27-15-9-11-17-33(27)41(3)37(29)31-23-21-25-19-20-26-22-24-32(40-36(26)35(25)39-31)38-30(14-8-6-2)28-16-10-12-18-34(28)42(38)4/h5-6,9-12,15-24H,1-2,7-8,13-14H2,3-4H3. The Hall–Kier alpha value is -4.96. The number of hydrogen-bond donors (Lipinski definition) is 0. The van der Waals surface area contributed by atoms with Gasteiger partial charge >= 0.3 is 0 Å². The van der Waals surface area contributed by atoms with E-state index in [1.165, 1.54) is 32.9 Å². The summed E-state index contributed by atoms with van der Waals surface area (Å²) in [4.78, 5) is 10.7. The molecule has 0 spiro atoms. The van der Waals surface area contributed by atoms with E-state index in [4.69, 9.17) is 9.97 Å². The summed E-state index contributed by atoms with van der Waals surface area (Å²) in [7, 11) is 4.29. The van der Waals surface area contributed by atoms with Gasteiger partial charge in [-0.2, -0.15) is 0 Å². The van der Waals surface area contributed by atoms with Gasteiger partial charge in [-0.1, -0.05) is 72.8 Å². The molecule has 0 saturated carbocycles. The zero-order valence-electron chi connectivity index (χ0n) is 24.3. The number of allylic oxidation sites excluding steroid dienone is 2. The van der Waals surface area contributed by atoms with E-state index in [1.807, 2.05) is 12.2 Å². The molecule has 0 radical (unpaired) electrons. The first-order valence-corrected chi connectivity index (χ1v) is 14.7. The van der Waals surface area contributed by atoms with Crippen molar-refractivity contribution in [1.82, 2.24) is 19.1 Å². The first kappa shape index (κ1) is 26.0. The molecule has 3 aromatic carbocycles. The van der Waals surface area contributed by atoms with E-state index in [2.05, 4.69) is 121 Å². The fraction of sp³-hybridized carbons (Fsp3) is 0.158. The number of fused-ring (bicyclic) bond motifs is 5. The lowest BCUT2D eigenvalue weighted by Gasteiger charge is -2.12. The van der Waals surface area contributed by atoms with E-state index in [0.717, 1.165) is 70.3 Å². The Bertz CT molecular complexity index is 2000. The monoisotopic (exact) mass is 546 g/mol. The summed E-state index contributed by atoms with van der Waals surface area (Å²) in [5.41, 5.74) is 11.2. The van der Waals surface area contributed by atoms with Crippen LogP contribution in [0.1, 0.15) is 24.0 Å². The molecule has 0 aliphatic rings. The highest BCUT2D eigenvalue weighted by molar-refractivity contribution is 6.05. The second-order valence-electron chi connectivity index (χ2n) is 11.1. The molecule has 0 aliphatic carbocycles. The van der Waals surface area contributed by atoms with Gasteiger partial charge in [0.1, 0.15) is 0 Å². The highest BCUT2D eigenvalue weighted by Crippen LogP contribution is 2.37. The van der Waals surface area contributed by atoms with Crippen molar-refractivity contribution in [1.29, 1.82) is 0 Å². The van der Waals surface area contributed by atoms with Crippen LogP contribution < -0.4 is 0 Å². The van der Waals surface area contributed by atoms with Gasteiger partial charge in [-0.15, -0.1) is 13.2 Å². The van der Waals surface area contributed by atoms with E-state index in [1.54, 1.807) is 0 Å². The van der Waals surface area contributed by atoms with Gasteiger partial charge < -0.3 is 9.13 Å². The number of para-hydroxylation sites is 2. The van der Waals surface area contributed by atoms with Crippen molar-refractivity contribution in [2.24, 2.45) is 14.1 Å². The molecule has 7 aromatic rings. The Kier molecular flexibility index (Phi) is 6.47. The first-order valence-electron chi connectivity index (χ1n) is 14.7. The van der Waals surface area contributed by atoms with Crippen LogP contribution in [0.4, 0.5) is 0 Å². The lowest BCUT2D eigenvalue weighted by molar-refractivity contribution is 0.942. The van der Waals surface area contributed by atoms with Crippen LogP contribution in [0.2, 0.25) is 0 Å². The number of nitrogens with zero attached hydrogens (tertiary/aromatic N) is 4. The predicted molar refractivity (Wildman–Crippen MR) is 178 cm³/mol. The number of rotatable bonds is 8. The molecule has 4 heterocycles. The van der Waals surface area contributed by atoms with Gasteiger partial charge in [0, 0.05) is 46.7 Å². The number of aryl methyl sites for hydroxylation is 4. The van der Waals surface area contributed by atoms with Crippen LogP contribution in [0, 0.1) is 0 Å². The summed E-state index contributed by atoms with van der Waals surface area (Å²) in [5.74, 6) is 0. The molecular formula is C38H34N4. The van der Waals surface area contributed by atoms with Gasteiger partial charge in [0.15, 0.2) is 0 Å². The zero-order chi connectivity index (χ0) is 28.8. The highest BCUT2D eigenvalue weighted by Gasteiger charge is 2.20. The average molecular weight is 547 g/mol. The van der Waals surface area contributed by atoms with Gasteiger partial charge in [-0.25, -0.2) is 9.97 Å². The van der Waals surface area contributed by atoms with Crippen molar-refractivity contribution in [3.63, 3.8) is 0 Å². The Morgan fingerprint density at radius 2 is 0.976 bits per heavy atom. The van der Waals surface area contributed by atoms with Crippen LogP contribution in [0.5, 0.6) is 0 Å². The molecule has 4 heteroatoms. The van der Waals surface area contributed by atoms with E-state index in [-0.39, 0.29) is 0 Å². The predicted octanol–water partition coefficient (Wildman–Crippen LogP) is 9.34. The average Bonchev–Trinajstić information content (AvgIpc) is 3.48. The minimum Gasteiger partial charge on any atom is -0.342 e. The molecule has 4 aromatic heterocycles. The lowest BCUT2D eigenvalue weighted by atomic mass is 10.0. The smallest absolute Gasteiger partial charge is 0.0973 e. The third-order valence-corrected chi connectivity index (χ3v) is 8.63. The summed E-state index contributed by atoms with van der Waals surface area (Å²) in [6.07, 6.45) is 7.67. The molecule has 42 heavy (non-hydrogen) atoms. The second kappa shape index (κ2) is 10.5. The molecule has 7 rings (SSSR count). The fourth-order valence-corrected chi connectivity index (χ4v) is 6.63. The van der Waals surface area contributed by atoms with Crippen LogP contribution in [0.25, 0.3) is 66.4 Å². The molecule has 0 bridgehead atoms. The minimum atomic E-state index is 0.918. The van der Waals surface area contributed by atoms with Crippen LogP contribution in [-0.4, -0.2) is 19.1 Å². The Morgan fingerprint density at radius 1 is 0.571 bits per heavy atom. The largest absolute Gasteiger partial charge is 0.342 e. The molecule has 206 valence electrons. The maximum atomic E-state index is 5.34. The van der Waals surface area contributed by atoms with Crippen molar-refractivity contribution in [2.75, 3.05) is 0 Å². The Morgan fingerprint density at radius 3 is 1.40 bits per heavy atom. The number of pyridine rings is 2. The third-order valence-electron chi connectivity index (χ3n) is 8.63. The van der Waals surface area contributed by atoms with Crippen molar-refractivity contribution in [2.45, 2.75) is 25.7 Å². The number of aromatic nitrogens is 4. The molecular weight excluding hydrogens is 512 g/mol. The maximum absolute atomic E-state index is 5.34. The Balaban J connectivity index is 1.46. The maximum Gasteiger partial charge on any atom is 0.0973 e. The summed E-state index contributed by atoms with van der Waals surface area (Å²) >= 11 is 0. The molecule has 0 unspecified atom stereocenters. The van der Waals surface area contributed by atoms with Crippen molar-refractivity contribution in [3.05, 3.63) is 121 Å². The SMILES string of the molecule is C=CCCc1c(-c2ccc3ccc4ccc(-c5c(CCC=C)c6ccccc6n5C)nc4c3n2)n(C)c2ccccc12. The zero-order valence-corrected chi connectivity index (χ0v) is 24.3. The molecule has 0 atom stereocenters. The number of hydrogen-bond acceptors (Lipinski definition) is 2. The third kappa shape index (κ3) is 4.06. The number of benzene rings is 3. The normalized spacial score (nSPS) is 11.7. The summed E-state index contributed by atoms with van der Waals surface area (Å²) in [5, 5.41) is 4.73. The first-order chi connectivity index (χ1) is 20.6. The van der Waals surface area contributed by atoms with Gasteiger partial charge in [0.25, 0.3) is 0 Å². The lowest BCUT2D eigenvalue weighted by Crippen LogP contribution is -1.99. The molecule has 0 fully saturated rings. The van der Waals surface area contributed by atoms with E-state index in [9.17, 15) is 0 Å². The van der Waals surface area contributed by atoms with Gasteiger partial charge in [0.05, 0.1) is 33.8 Å². The van der Waals surface area contributed by atoms with Crippen molar-refractivity contribution >= 4 is 43.6 Å². The van der Waals surface area contributed by atoms with Crippen LogP contribution in [-0.2, 0) is 26.9 Å². The van der Waals surface area contributed by atoms with Crippen LogP contribution >= 0.6 is 0 Å². The van der Waals surface area contributed by atoms with Crippen LogP contribution in [0.3, 0.4) is 0 Å². The summed E-state index contributed by atoms with van der Waals surface area (Å²) in [6.45, 7) is 7.96. The molecule has 4 nitrogen and oxygen atoms in total. The van der Waals surface area contributed by atoms with E-state index in [0.29, 0.717) is 0 Å². The summed E-state index contributed by atoms with van der Waals surface area (Å²) < 4.78 is 4.57. The van der Waals surface area contributed by atoms with Crippen molar-refractivity contribution < 1.29 is 0 Å². The fourth-order valence-electron chi connectivity index (χ4n) is 6.63. The molecule has 0 saturated heterocycles. The minimum absolute atomic E-state index is 0.918. The van der Waals surface area contributed by atoms with Gasteiger partial charge in [0.2, 0.25) is 0 Å². The van der Waals surface area contributed by atoms with Crippen LogP contribution in [0.15, 0.2) is 110 Å². The van der Waals surface area contributed by atoms with E-state index >= 15 is 0 Å². The van der Waals surface area contributed by atoms with E-state index < -0.39 is 0 Å². The molecule has 0 amide bonds. The quantitative estimate of drug-likeness (QED) is 0.141. The second-order valence-corrected chi connectivity index (χ2v) is 11.1.